The Bertz CT molecular complexity index is 897. The zero-order chi connectivity index (χ0) is 24.7. The van der Waals surface area contributed by atoms with Gasteiger partial charge in [0.05, 0.1) is 12.7 Å². The highest BCUT2D eigenvalue weighted by Gasteiger charge is 2.87. The standard InChI is InChI=1S/C27H40O7/c1-5-6-7-8-9-19(29)34-23-16-10-11-17-25-14-33-27(32,26(17,23)21(30)15(16)2)22(31)20(25)24(3,4)13-12-18(25)28/h16-18,20,22-23,28,31-32H,2,5-14H2,1,3-4H3/t16-,17?,18-,20+,22-,23+,25+,26-,27-/m0/s1. The highest BCUT2D eigenvalue weighted by Crippen LogP contribution is 2.76. The van der Waals surface area contributed by atoms with Crippen molar-refractivity contribution in [3.63, 3.8) is 0 Å². The van der Waals surface area contributed by atoms with Crippen molar-refractivity contribution in [2.45, 2.75) is 103 Å². The van der Waals surface area contributed by atoms with Crippen LogP contribution in [0.2, 0.25) is 0 Å². The van der Waals surface area contributed by atoms with E-state index in [4.69, 9.17) is 9.47 Å². The third kappa shape index (κ3) is 2.73. The fourth-order valence-electron chi connectivity index (χ4n) is 8.93. The van der Waals surface area contributed by atoms with Crippen LogP contribution < -0.4 is 0 Å². The largest absolute Gasteiger partial charge is 0.460 e. The minimum absolute atomic E-state index is 0.0738. The van der Waals surface area contributed by atoms with Crippen molar-refractivity contribution in [3.05, 3.63) is 12.2 Å². The Labute approximate surface area is 201 Å². The average Bonchev–Trinajstić information content (AvgIpc) is 2.90. The van der Waals surface area contributed by atoms with Crippen LogP contribution in [0.5, 0.6) is 0 Å². The quantitative estimate of drug-likeness (QED) is 0.307. The van der Waals surface area contributed by atoms with Crippen LogP contribution in [-0.2, 0) is 19.1 Å². The monoisotopic (exact) mass is 476 g/mol. The van der Waals surface area contributed by atoms with Gasteiger partial charge in [-0.2, -0.15) is 0 Å². The molecule has 9 atom stereocenters. The second-order valence-corrected chi connectivity index (χ2v) is 12.2. The Kier molecular flexibility index (Phi) is 5.64. The van der Waals surface area contributed by atoms with Gasteiger partial charge < -0.3 is 24.8 Å². The minimum atomic E-state index is -2.19. The molecule has 6 aliphatic rings. The summed E-state index contributed by atoms with van der Waals surface area (Å²) in [7, 11) is 0. The smallest absolute Gasteiger partial charge is 0.306 e. The van der Waals surface area contributed by atoms with E-state index in [9.17, 15) is 24.9 Å². The normalized spacial score (nSPS) is 48.4. The molecule has 7 nitrogen and oxygen atoms in total. The third-order valence-electron chi connectivity index (χ3n) is 10.3. The molecule has 0 aromatic heterocycles. The third-order valence-corrected chi connectivity index (χ3v) is 10.3. The van der Waals surface area contributed by atoms with Gasteiger partial charge in [-0.25, -0.2) is 0 Å². The van der Waals surface area contributed by atoms with Crippen LogP contribution >= 0.6 is 0 Å². The Balaban J connectivity index is 1.59. The summed E-state index contributed by atoms with van der Waals surface area (Å²) in [6.07, 6.45) is 3.28. The van der Waals surface area contributed by atoms with E-state index in [-0.39, 0.29) is 24.2 Å². The number of ether oxygens (including phenoxy) is 2. The molecule has 0 aromatic carbocycles. The van der Waals surface area contributed by atoms with E-state index in [1.807, 2.05) is 0 Å². The Morgan fingerprint density at radius 1 is 1.18 bits per heavy atom. The zero-order valence-corrected chi connectivity index (χ0v) is 20.7. The molecule has 4 bridgehead atoms. The molecule has 34 heavy (non-hydrogen) atoms. The van der Waals surface area contributed by atoms with Gasteiger partial charge in [-0.3, -0.25) is 9.59 Å². The van der Waals surface area contributed by atoms with Gasteiger partial charge in [0.1, 0.15) is 17.6 Å². The lowest BCUT2D eigenvalue weighted by Crippen LogP contribution is -2.85. The van der Waals surface area contributed by atoms with E-state index >= 15 is 0 Å². The summed E-state index contributed by atoms with van der Waals surface area (Å²) in [6, 6.07) is 0. The van der Waals surface area contributed by atoms with Crippen LogP contribution in [0.4, 0.5) is 0 Å². The SMILES string of the molecule is C=C1C(=O)[C@@]23C(CC[C@@H]1[C@H]2OC(=O)CCCCCC)[C@@]12CO[C@@]3(O)[C@@H](O)[C@@H]1C(C)(C)CC[C@@H]2O. The van der Waals surface area contributed by atoms with E-state index in [2.05, 4.69) is 27.4 Å². The molecule has 6 rings (SSSR count). The maximum Gasteiger partial charge on any atom is 0.306 e. The van der Waals surface area contributed by atoms with E-state index in [1.54, 1.807) is 0 Å². The Morgan fingerprint density at radius 3 is 2.62 bits per heavy atom. The lowest BCUT2D eigenvalue weighted by Gasteiger charge is -2.74. The summed E-state index contributed by atoms with van der Waals surface area (Å²) < 4.78 is 12.1. The molecule has 2 heterocycles. The van der Waals surface area contributed by atoms with Crippen molar-refractivity contribution >= 4 is 11.8 Å². The first-order valence-corrected chi connectivity index (χ1v) is 13.2. The number of ketones is 1. The molecular formula is C27H40O7. The second kappa shape index (κ2) is 7.86. The van der Waals surface area contributed by atoms with Gasteiger partial charge in [-0.15, -0.1) is 0 Å². The highest BCUT2D eigenvalue weighted by atomic mass is 16.6. The lowest BCUT2D eigenvalue weighted by atomic mass is 9.35. The zero-order valence-electron chi connectivity index (χ0n) is 20.7. The van der Waals surface area contributed by atoms with Crippen molar-refractivity contribution in [3.8, 4) is 0 Å². The number of Topliss-reactive ketones (excluding diaryl/α,β-unsaturated/α-hetero) is 1. The summed E-state index contributed by atoms with van der Waals surface area (Å²) in [4.78, 5) is 26.9. The Hall–Kier alpha value is -1.28. The average molecular weight is 477 g/mol. The number of aliphatic hydroxyl groups excluding tert-OH is 2. The maximum absolute atomic E-state index is 14.0. The highest BCUT2D eigenvalue weighted by molar-refractivity contribution is 6.05. The van der Waals surface area contributed by atoms with Crippen molar-refractivity contribution < 1.29 is 34.4 Å². The molecule has 190 valence electrons. The summed E-state index contributed by atoms with van der Waals surface area (Å²) >= 11 is 0. The molecule has 4 aliphatic carbocycles. The van der Waals surface area contributed by atoms with Crippen LogP contribution in [0.3, 0.4) is 0 Å². The van der Waals surface area contributed by atoms with Gasteiger partial charge >= 0.3 is 5.97 Å². The molecule has 0 aromatic rings. The molecule has 0 amide bonds. The van der Waals surface area contributed by atoms with E-state index in [0.29, 0.717) is 37.7 Å². The fourth-order valence-corrected chi connectivity index (χ4v) is 8.93. The van der Waals surface area contributed by atoms with Gasteiger partial charge in [-0.05, 0) is 49.0 Å². The van der Waals surface area contributed by atoms with Crippen LogP contribution in [0.25, 0.3) is 0 Å². The molecule has 1 unspecified atom stereocenters. The van der Waals surface area contributed by atoms with Crippen molar-refractivity contribution in [2.24, 2.45) is 34.0 Å². The topological polar surface area (TPSA) is 113 Å². The first-order valence-electron chi connectivity index (χ1n) is 13.2. The number of aliphatic hydroxyl groups is 3. The molecule has 4 saturated carbocycles. The number of hydrogen-bond donors (Lipinski definition) is 3. The molecular weight excluding hydrogens is 436 g/mol. The van der Waals surface area contributed by atoms with E-state index < -0.39 is 58.7 Å². The minimum Gasteiger partial charge on any atom is -0.460 e. The number of carbonyl (C=O) groups is 2. The first kappa shape index (κ1) is 24.4. The molecule has 2 aliphatic heterocycles. The summed E-state index contributed by atoms with van der Waals surface area (Å²) in [6.45, 7) is 10.3. The van der Waals surface area contributed by atoms with Gasteiger partial charge in [0.15, 0.2) is 5.78 Å². The predicted molar refractivity (Wildman–Crippen MR) is 123 cm³/mol. The Morgan fingerprint density at radius 2 is 1.91 bits per heavy atom. The molecule has 3 N–H and O–H groups in total. The number of esters is 1. The van der Waals surface area contributed by atoms with Gasteiger partial charge in [-0.1, -0.05) is 46.6 Å². The van der Waals surface area contributed by atoms with Crippen LogP contribution in [0, 0.1) is 34.0 Å². The van der Waals surface area contributed by atoms with Crippen LogP contribution in [-0.4, -0.2) is 57.8 Å². The number of unbranched alkanes of at least 4 members (excludes halogenated alkanes) is 3. The van der Waals surface area contributed by atoms with Crippen molar-refractivity contribution in [1.29, 1.82) is 0 Å². The molecule has 0 radical (unpaired) electrons. The first-order chi connectivity index (χ1) is 16.0. The number of rotatable bonds is 6. The van der Waals surface area contributed by atoms with E-state index in [0.717, 1.165) is 19.3 Å². The second-order valence-electron chi connectivity index (χ2n) is 12.2. The van der Waals surface area contributed by atoms with Crippen LogP contribution in [0.1, 0.15) is 78.6 Å². The summed E-state index contributed by atoms with van der Waals surface area (Å²) in [5.41, 5.74) is -2.57. The van der Waals surface area contributed by atoms with Gasteiger partial charge in [0.2, 0.25) is 5.79 Å². The molecule has 6 fully saturated rings. The van der Waals surface area contributed by atoms with Crippen molar-refractivity contribution in [2.75, 3.05) is 6.61 Å². The molecule has 2 spiro atoms. The summed E-state index contributed by atoms with van der Waals surface area (Å²) in [5.74, 6) is -4.29. The molecule has 7 heteroatoms. The van der Waals surface area contributed by atoms with Crippen molar-refractivity contribution in [1.82, 2.24) is 0 Å². The van der Waals surface area contributed by atoms with E-state index in [1.165, 1.54) is 0 Å². The van der Waals surface area contributed by atoms with Crippen LogP contribution in [0.15, 0.2) is 12.2 Å². The molecule has 2 saturated heterocycles. The van der Waals surface area contributed by atoms with Gasteiger partial charge in [0.25, 0.3) is 0 Å². The number of fused-ring (bicyclic) bond motifs is 2. The van der Waals surface area contributed by atoms with Gasteiger partial charge in [0, 0.05) is 23.7 Å². The maximum atomic E-state index is 14.0. The number of carbonyl (C=O) groups excluding carboxylic acids is 2. The lowest BCUT2D eigenvalue weighted by molar-refractivity contribution is -0.458. The number of hydrogen-bond acceptors (Lipinski definition) is 7. The predicted octanol–water partition coefficient (Wildman–Crippen LogP) is 2.90. The summed E-state index contributed by atoms with van der Waals surface area (Å²) in [5, 5.41) is 35.3. The fraction of sp³-hybridized carbons (Fsp3) is 0.852.